The number of carbonyl (C=O) groups is 1. The Bertz CT molecular complexity index is 348. The standard InChI is InChI=1S/C10H12O5/c1-14-10(13)15-5-4-7-2-3-8(11)9(12)6-7/h2-3,6,11-12H,4-5H2,1H3. The molecule has 0 saturated heterocycles. The number of methoxy groups -OCH3 is 1. The molecular weight excluding hydrogens is 200 g/mol. The SMILES string of the molecule is COC(=O)OCCc1ccc(O)c(O)c1. The number of benzene rings is 1. The van der Waals surface area contributed by atoms with E-state index in [2.05, 4.69) is 9.47 Å². The van der Waals surface area contributed by atoms with Crippen molar-refractivity contribution in [1.82, 2.24) is 0 Å². The zero-order chi connectivity index (χ0) is 11.3. The lowest BCUT2D eigenvalue weighted by molar-refractivity contribution is 0.0736. The molecule has 0 aromatic heterocycles. The molecule has 1 aromatic rings. The number of phenols is 2. The Hall–Kier alpha value is -1.91. The van der Waals surface area contributed by atoms with E-state index in [0.29, 0.717) is 6.42 Å². The molecule has 2 N–H and O–H groups in total. The molecule has 0 fully saturated rings. The summed E-state index contributed by atoms with van der Waals surface area (Å²) in [4.78, 5) is 10.6. The summed E-state index contributed by atoms with van der Waals surface area (Å²) < 4.78 is 8.94. The summed E-state index contributed by atoms with van der Waals surface area (Å²) in [5.41, 5.74) is 0.759. The molecule has 0 aliphatic rings. The van der Waals surface area contributed by atoms with Crippen LogP contribution in [0.25, 0.3) is 0 Å². The van der Waals surface area contributed by atoms with Crippen LogP contribution in [-0.2, 0) is 15.9 Å². The molecule has 0 radical (unpaired) electrons. The molecule has 1 rings (SSSR count). The minimum absolute atomic E-state index is 0.164. The van der Waals surface area contributed by atoms with Crippen molar-refractivity contribution >= 4 is 6.16 Å². The maximum Gasteiger partial charge on any atom is 0.507 e. The van der Waals surface area contributed by atoms with Gasteiger partial charge < -0.3 is 19.7 Å². The molecule has 0 aliphatic carbocycles. The third-order valence-corrected chi connectivity index (χ3v) is 1.82. The van der Waals surface area contributed by atoms with Gasteiger partial charge in [0, 0.05) is 6.42 Å². The zero-order valence-corrected chi connectivity index (χ0v) is 8.27. The lowest BCUT2D eigenvalue weighted by atomic mass is 10.1. The van der Waals surface area contributed by atoms with Gasteiger partial charge in [0.25, 0.3) is 0 Å². The average Bonchev–Trinajstić information content (AvgIpc) is 2.23. The second kappa shape index (κ2) is 5.09. The first-order valence-electron chi connectivity index (χ1n) is 4.35. The molecule has 15 heavy (non-hydrogen) atoms. The number of carbonyl (C=O) groups excluding carboxylic acids is 1. The van der Waals surface area contributed by atoms with Crippen molar-refractivity contribution in [3.63, 3.8) is 0 Å². The number of hydrogen-bond acceptors (Lipinski definition) is 5. The number of phenolic OH excluding ortho intramolecular Hbond substituents is 2. The van der Waals surface area contributed by atoms with Crippen LogP contribution < -0.4 is 0 Å². The Morgan fingerprint density at radius 3 is 2.67 bits per heavy atom. The van der Waals surface area contributed by atoms with Crippen molar-refractivity contribution in [3.05, 3.63) is 23.8 Å². The summed E-state index contributed by atoms with van der Waals surface area (Å²) in [6, 6.07) is 4.43. The van der Waals surface area contributed by atoms with E-state index in [0.717, 1.165) is 5.56 Å². The molecule has 5 nitrogen and oxygen atoms in total. The van der Waals surface area contributed by atoms with Gasteiger partial charge in [0.15, 0.2) is 11.5 Å². The van der Waals surface area contributed by atoms with E-state index in [1.54, 1.807) is 6.07 Å². The monoisotopic (exact) mass is 212 g/mol. The summed E-state index contributed by atoms with van der Waals surface area (Å²) in [7, 11) is 1.23. The van der Waals surface area contributed by atoms with Crippen LogP contribution in [0.15, 0.2) is 18.2 Å². The lowest BCUT2D eigenvalue weighted by Crippen LogP contribution is -2.07. The second-order valence-corrected chi connectivity index (χ2v) is 2.88. The molecule has 0 bridgehead atoms. The van der Waals surface area contributed by atoms with Crippen molar-refractivity contribution < 1.29 is 24.5 Å². The summed E-state index contributed by atoms with van der Waals surface area (Å²) in [6.45, 7) is 0.164. The highest BCUT2D eigenvalue weighted by atomic mass is 16.7. The predicted octanol–water partition coefficient (Wildman–Crippen LogP) is 1.42. The Kier molecular flexibility index (Phi) is 3.79. The fraction of sp³-hybridized carbons (Fsp3) is 0.300. The van der Waals surface area contributed by atoms with Crippen LogP contribution in [0.5, 0.6) is 11.5 Å². The topological polar surface area (TPSA) is 76.0 Å². The Labute approximate surface area is 86.9 Å². The van der Waals surface area contributed by atoms with Crippen molar-refractivity contribution in [1.29, 1.82) is 0 Å². The van der Waals surface area contributed by atoms with E-state index in [9.17, 15) is 9.90 Å². The highest BCUT2D eigenvalue weighted by Gasteiger charge is 2.03. The maximum atomic E-state index is 10.6. The molecule has 0 saturated carbocycles. The molecule has 1 aromatic carbocycles. The summed E-state index contributed by atoms with van der Waals surface area (Å²) in [5, 5.41) is 18.2. The van der Waals surface area contributed by atoms with Crippen LogP contribution in [0.2, 0.25) is 0 Å². The number of hydrogen-bond donors (Lipinski definition) is 2. The third kappa shape index (κ3) is 3.38. The molecule has 0 unspecified atom stereocenters. The first-order chi connectivity index (χ1) is 7.13. The van der Waals surface area contributed by atoms with Crippen LogP contribution in [-0.4, -0.2) is 30.1 Å². The summed E-state index contributed by atoms with van der Waals surface area (Å²) in [5.74, 6) is -0.363. The first kappa shape index (κ1) is 11.2. The van der Waals surface area contributed by atoms with Crippen LogP contribution in [0.3, 0.4) is 0 Å². The van der Waals surface area contributed by atoms with Crippen molar-refractivity contribution in [3.8, 4) is 11.5 Å². The van der Waals surface area contributed by atoms with Gasteiger partial charge in [-0.05, 0) is 17.7 Å². The van der Waals surface area contributed by atoms with Crippen LogP contribution >= 0.6 is 0 Å². The number of aromatic hydroxyl groups is 2. The van der Waals surface area contributed by atoms with Crippen molar-refractivity contribution in [2.45, 2.75) is 6.42 Å². The Morgan fingerprint density at radius 1 is 1.33 bits per heavy atom. The lowest BCUT2D eigenvalue weighted by Gasteiger charge is -2.04. The molecule has 0 amide bonds. The van der Waals surface area contributed by atoms with Gasteiger partial charge in [0.05, 0.1) is 13.7 Å². The van der Waals surface area contributed by atoms with Crippen LogP contribution in [0, 0.1) is 0 Å². The first-order valence-corrected chi connectivity index (χ1v) is 4.35. The van der Waals surface area contributed by atoms with Gasteiger partial charge in [-0.1, -0.05) is 6.07 Å². The molecule has 0 heterocycles. The molecule has 5 heteroatoms. The van der Waals surface area contributed by atoms with E-state index in [4.69, 9.17) is 5.11 Å². The van der Waals surface area contributed by atoms with Crippen molar-refractivity contribution in [2.75, 3.05) is 13.7 Å². The summed E-state index contributed by atoms with van der Waals surface area (Å²) in [6.07, 6.45) is -0.291. The molecule has 0 aliphatic heterocycles. The highest BCUT2D eigenvalue weighted by Crippen LogP contribution is 2.24. The van der Waals surface area contributed by atoms with Gasteiger partial charge in [0.2, 0.25) is 0 Å². The van der Waals surface area contributed by atoms with E-state index >= 15 is 0 Å². The third-order valence-electron chi connectivity index (χ3n) is 1.82. The molecule has 0 atom stereocenters. The zero-order valence-electron chi connectivity index (χ0n) is 8.27. The molecule has 0 spiro atoms. The average molecular weight is 212 g/mol. The molecular formula is C10H12O5. The Balaban J connectivity index is 2.44. The quantitative estimate of drug-likeness (QED) is 0.585. The van der Waals surface area contributed by atoms with Gasteiger partial charge in [-0.2, -0.15) is 0 Å². The van der Waals surface area contributed by atoms with Crippen LogP contribution in [0.1, 0.15) is 5.56 Å². The normalized spacial score (nSPS) is 9.67. The van der Waals surface area contributed by atoms with E-state index < -0.39 is 6.16 Å². The van der Waals surface area contributed by atoms with Gasteiger partial charge in [-0.15, -0.1) is 0 Å². The smallest absolute Gasteiger partial charge is 0.504 e. The minimum atomic E-state index is -0.738. The fourth-order valence-corrected chi connectivity index (χ4v) is 1.04. The number of rotatable bonds is 3. The van der Waals surface area contributed by atoms with E-state index in [-0.39, 0.29) is 18.1 Å². The van der Waals surface area contributed by atoms with Gasteiger partial charge in [0.1, 0.15) is 0 Å². The second-order valence-electron chi connectivity index (χ2n) is 2.88. The van der Waals surface area contributed by atoms with Crippen molar-refractivity contribution in [2.24, 2.45) is 0 Å². The predicted molar refractivity (Wildman–Crippen MR) is 51.8 cm³/mol. The van der Waals surface area contributed by atoms with E-state index in [1.807, 2.05) is 0 Å². The van der Waals surface area contributed by atoms with Gasteiger partial charge >= 0.3 is 6.16 Å². The summed E-state index contributed by atoms with van der Waals surface area (Å²) >= 11 is 0. The van der Waals surface area contributed by atoms with Gasteiger partial charge in [-0.3, -0.25) is 0 Å². The maximum absolute atomic E-state index is 10.6. The van der Waals surface area contributed by atoms with E-state index in [1.165, 1.54) is 19.2 Å². The Morgan fingerprint density at radius 2 is 2.07 bits per heavy atom. The molecule has 82 valence electrons. The van der Waals surface area contributed by atoms with Crippen LogP contribution in [0.4, 0.5) is 4.79 Å². The minimum Gasteiger partial charge on any atom is -0.504 e. The highest BCUT2D eigenvalue weighted by molar-refractivity contribution is 5.59. The largest absolute Gasteiger partial charge is 0.507 e. The fourth-order valence-electron chi connectivity index (χ4n) is 1.04. The van der Waals surface area contributed by atoms with Gasteiger partial charge in [-0.25, -0.2) is 4.79 Å². The number of ether oxygens (including phenoxy) is 2.